The van der Waals surface area contributed by atoms with Crippen LogP contribution in [-0.4, -0.2) is 13.0 Å². The van der Waals surface area contributed by atoms with E-state index >= 15 is 0 Å². The highest BCUT2D eigenvalue weighted by Gasteiger charge is 2.30. The van der Waals surface area contributed by atoms with Crippen molar-refractivity contribution < 1.29 is 9.53 Å². The molecule has 0 radical (unpaired) electrons. The molecule has 4 heteroatoms. The van der Waals surface area contributed by atoms with Gasteiger partial charge in [-0.3, -0.25) is 4.79 Å². The Labute approximate surface area is 124 Å². The summed E-state index contributed by atoms with van der Waals surface area (Å²) in [6.45, 7) is 3.65. The van der Waals surface area contributed by atoms with Crippen LogP contribution in [0.2, 0.25) is 0 Å². The van der Waals surface area contributed by atoms with Gasteiger partial charge in [0.2, 0.25) is 5.91 Å². The van der Waals surface area contributed by atoms with E-state index in [0.29, 0.717) is 11.4 Å². The Hall–Kier alpha value is -2.33. The van der Waals surface area contributed by atoms with E-state index in [1.807, 2.05) is 55.5 Å². The molecule has 0 aliphatic rings. The summed E-state index contributed by atoms with van der Waals surface area (Å²) in [4.78, 5) is 12.5. The molecule has 1 atom stereocenters. The van der Waals surface area contributed by atoms with Crippen LogP contribution in [0, 0.1) is 6.92 Å². The predicted molar refractivity (Wildman–Crippen MR) is 84.3 cm³/mol. The van der Waals surface area contributed by atoms with Crippen LogP contribution >= 0.6 is 0 Å². The second kappa shape index (κ2) is 5.97. The van der Waals surface area contributed by atoms with Gasteiger partial charge < -0.3 is 15.8 Å². The molecule has 0 saturated carbocycles. The number of nitrogens with two attached hydrogens (primary N) is 1. The summed E-state index contributed by atoms with van der Waals surface area (Å²) >= 11 is 0. The van der Waals surface area contributed by atoms with Crippen LogP contribution < -0.4 is 15.8 Å². The molecule has 4 nitrogen and oxygen atoms in total. The molecule has 2 aromatic rings. The minimum absolute atomic E-state index is 0.280. The van der Waals surface area contributed by atoms with Gasteiger partial charge in [0.15, 0.2) is 0 Å². The molecule has 1 amide bonds. The zero-order chi connectivity index (χ0) is 15.5. The molecule has 2 aromatic carbocycles. The van der Waals surface area contributed by atoms with Crippen LogP contribution in [0.15, 0.2) is 48.5 Å². The van der Waals surface area contributed by atoms with Crippen molar-refractivity contribution in [3.05, 3.63) is 59.7 Å². The minimum atomic E-state index is -1.12. The molecule has 0 aliphatic carbocycles. The Morgan fingerprint density at radius 1 is 1.19 bits per heavy atom. The molecule has 0 fully saturated rings. The molecule has 110 valence electrons. The lowest BCUT2D eigenvalue weighted by Gasteiger charge is -2.24. The monoisotopic (exact) mass is 284 g/mol. The van der Waals surface area contributed by atoms with Crippen LogP contribution in [0.4, 0.5) is 5.69 Å². The standard InChI is InChI=1S/C17H20N2O2/c1-12-9-10-15(21-3)14(11-12)19-16(20)17(2,18)13-7-5-4-6-8-13/h4-11H,18H2,1-3H3,(H,19,20). The largest absolute Gasteiger partial charge is 0.495 e. The van der Waals surface area contributed by atoms with Gasteiger partial charge in [0, 0.05) is 0 Å². The number of hydrogen-bond acceptors (Lipinski definition) is 3. The van der Waals surface area contributed by atoms with E-state index in [1.165, 1.54) is 0 Å². The highest BCUT2D eigenvalue weighted by molar-refractivity contribution is 5.99. The van der Waals surface area contributed by atoms with Gasteiger partial charge in [0.25, 0.3) is 0 Å². The van der Waals surface area contributed by atoms with E-state index in [4.69, 9.17) is 10.5 Å². The van der Waals surface area contributed by atoms with Crippen LogP contribution in [0.25, 0.3) is 0 Å². The van der Waals surface area contributed by atoms with E-state index in [0.717, 1.165) is 11.1 Å². The third kappa shape index (κ3) is 3.23. The quantitative estimate of drug-likeness (QED) is 0.907. The first-order valence-corrected chi connectivity index (χ1v) is 6.75. The van der Waals surface area contributed by atoms with Crippen LogP contribution in [0.5, 0.6) is 5.75 Å². The number of anilines is 1. The Morgan fingerprint density at radius 3 is 2.48 bits per heavy atom. The molecule has 0 spiro atoms. The van der Waals surface area contributed by atoms with E-state index < -0.39 is 5.54 Å². The summed E-state index contributed by atoms with van der Waals surface area (Å²) in [5, 5.41) is 2.85. The predicted octanol–water partition coefficient (Wildman–Crippen LogP) is 2.82. The number of carbonyl (C=O) groups is 1. The highest BCUT2D eigenvalue weighted by atomic mass is 16.5. The number of rotatable bonds is 4. The molecular formula is C17H20N2O2. The summed E-state index contributed by atoms with van der Waals surface area (Å²) < 4.78 is 5.26. The first-order chi connectivity index (χ1) is 9.95. The number of carbonyl (C=O) groups excluding carboxylic acids is 1. The van der Waals surface area contributed by atoms with Gasteiger partial charge in [-0.25, -0.2) is 0 Å². The minimum Gasteiger partial charge on any atom is -0.495 e. The summed E-state index contributed by atoms with van der Waals surface area (Å²) in [5.74, 6) is 0.329. The van der Waals surface area contributed by atoms with Gasteiger partial charge in [0.1, 0.15) is 11.3 Å². The molecule has 0 aromatic heterocycles. The number of ether oxygens (including phenoxy) is 1. The maximum atomic E-state index is 12.5. The lowest BCUT2D eigenvalue weighted by molar-refractivity contribution is -0.120. The van der Waals surface area contributed by atoms with Crippen molar-refractivity contribution in [1.82, 2.24) is 0 Å². The summed E-state index contributed by atoms with van der Waals surface area (Å²) in [5.41, 5.74) is 7.50. The third-order valence-electron chi connectivity index (χ3n) is 3.45. The summed E-state index contributed by atoms with van der Waals surface area (Å²) in [6.07, 6.45) is 0. The van der Waals surface area contributed by atoms with Crippen molar-refractivity contribution in [1.29, 1.82) is 0 Å². The Kier molecular flexibility index (Phi) is 4.29. The molecule has 1 unspecified atom stereocenters. The van der Waals surface area contributed by atoms with Crippen LogP contribution in [0.3, 0.4) is 0 Å². The Bertz CT molecular complexity index is 636. The van der Waals surface area contributed by atoms with Gasteiger partial charge in [-0.1, -0.05) is 36.4 Å². The smallest absolute Gasteiger partial charge is 0.248 e. The molecular weight excluding hydrogens is 264 g/mol. The van der Waals surface area contributed by atoms with Gasteiger partial charge >= 0.3 is 0 Å². The maximum Gasteiger partial charge on any atom is 0.248 e. The fourth-order valence-electron chi connectivity index (χ4n) is 2.09. The number of aryl methyl sites for hydroxylation is 1. The normalized spacial score (nSPS) is 13.3. The Balaban J connectivity index is 2.27. The molecule has 0 heterocycles. The number of hydrogen-bond donors (Lipinski definition) is 2. The van der Waals surface area contributed by atoms with Crippen molar-refractivity contribution >= 4 is 11.6 Å². The van der Waals surface area contributed by atoms with Gasteiger partial charge in [-0.05, 0) is 37.1 Å². The SMILES string of the molecule is COc1ccc(C)cc1NC(=O)C(C)(N)c1ccccc1. The topological polar surface area (TPSA) is 64.3 Å². The van der Waals surface area contributed by atoms with Gasteiger partial charge in [0.05, 0.1) is 12.8 Å². The van der Waals surface area contributed by atoms with Crippen LogP contribution in [0.1, 0.15) is 18.1 Å². The summed E-state index contributed by atoms with van der Waals surface area (Å²) in [6, 6.07) is 14.9. The van der Waals surface area contributed by atoms with Crippen molar-refractivity contribution in [2.24, 2.45) is 5.73 Å². The van der Waals surface area contributed by atoms with Gasteiger partial charge in [-0.15, -0.1) is 0 Å². The molecule has 0 bridgehead atoms. The van der Waals surface area contributed by atoms with Crippen LogP contribution in [-0.2, 0) is 10.3 Å². The van der Waals surface area contributed by atoms with Crippen molar-refractivity contribution in [2.75, 3.05) is 12.4 Å². The number of methoxy groups -OCH3 is 1. The first-order valence-electron chi connectivity index (χ1n) is 6.75. The fraction of sp³-hybridized carbons (Fsp3) is 0.235. The van der Waals surface area contributed by atoms with Crippen molar-refractivity contribution in [2.45, 2.75) is 19.4 Å². The second-order valence-corrected chi connectivity index (χ2v) is 5.23. The number of nitrogens with one attached hydrogen (secondary N) is 1. The molecule has 2 rings (SSSR count). The third-order valence-corrected chi connectivity index (χ3v) is 3.45. The van der Waals surface area contributed by atoms with Crippen molar-refractivity contribution in [3.63, 3.8) is 0 Å². The van der Waals surface area contributed by atoms with E-state index in [1.54, 1.807) is 14.0 Å². The molecule has 0 saturated heterocycles. The van der Waals surface area contributed by atoms with E-state index in [9.17, 15) is 4.79 Å². The zero-order valence-electron chi connectivity index (χ0n) is 12.5. The number of amides is 1. The Morgan fingerprint density at radius 2 is 1.86 bits per heavy atom. The zero-order valence-corrected chi connectivity index (χ0v) is 12.5. The fourth-order valence-corrected chi connectivity index (χ4v) is 2.09. The second-order valence-electron chi connectivity index (χ2n) is 5.23. The maximum absolute atomic E-state index is 12.5. The van der Waals surface area contributed by atoms with E-state index in [2.05, 4.69) is 5.32 Å². The highest BCUT2D eigenvalue weighted by Crippen LogP contribution is 2.27. The van der Waals surface area contributed by atoms with E-state index in [-0.39, 0.29) is 5.91 Å². The molecule has 0 aliphatic heterocycles. The molecule has 21 heavy (non-hydrogen) atoms. The first kappa shape index (κ1) is 15.1. The lowest BCUT2D eigenvalue weighted by atomic mass is 9.92. The average molecular weight is 284 g/mol. The molecule has 3 N–H and O–H groups in total. The average Bonchev–Trinajstić information content (AvgIpc) is 2.48. The van der Waals surface area contributed by atoms with Gasteiger partial charge in [-0.2, -0.15) is 0 Å². The lowest BCUT2D eigenvalue weighted by Crippen LogP contribution is -2.45. The number of benzene rings is 2. The summed E-state index contributed by atoms with van der Waals surface area (Å²) in [7, 11) is 1.57. The van der Waals surface area contributed by atoms with Crippen molar-refractivity contribution in [3.8, 4) is 5.75 Å².